The van der Waals surface area contributed by atoms with E-state index in [4.69, 9.17) is 12.3 Å². The SMILES string of the molecule is CC1(C)OB(OI)OC1(C)C. The van der Waals surface area contributed by atoms with Gasteiger partial charge in [0.05, 0.1) is 34.2 Å². The number of hydrogen-bond acceptors (Lipinski definition) is 3. The second-order valence-electron chi connectivity index (χ2n) is 3.63. The number of halogens is 1. The molecule has 0 atom stereocenters. The van der Waals surface area contributed by atoms with Crippen molar-refractivity contribution in [2.24, 2.45) is 0 Å². The van der Waals surface area contributed by atoms with E-state index in [1.54, 1.807) is 23.0 Å². The van der Waals surface area contributed by atoms with Gasteiger partial charge in [-0.05, 0) is 27.7 Å². The Labute approximate surface area is 81.6 Å². The molecule has 0 saturated carbocycles. The summed E-state index contributed by atoms with van der Waals surface area (Å²) in [5, 5.41) is 0. The van der Waals surface area contributed by atoms with Gasteiger partial charge in [0.15, 0.2) is 0 Å². The highest BCUT2D eigenvalue weighted by Gasteiger charge is 2.52. The van der Waals surface area contributed by atoms with Gasteiger partial charge in [0.2, 0.25) is 0 Å². The van der Waals surface area contributed by atoms with Crippen LogP contribution in [0.4, 0.5) is 0 Å². The molecule has 1 heterocycles. The van der Waals surface area contributed by atoms with Crippen molar-refractivity contribution in [1.82, 2.24) is 0 Å². The lowest BCUT2D eigenvalue weighted by Crippen LogP contribution is -2.41. The molecule has 0 unspecified atom stereocenters. The Hall–Kier alpha value is 0.675. The fourth-order valence-corrected chi connectivity index (χ4v) is 1.03. The molecule has 0 aromatic carbocycles. The molecular weight excluding hydrogens is 258 g/mol. The van der Waals surface area contributed by atoms with Crippen molar-refractivity contribution in [2.75, 3.05) is 0 Å². The highest BCUT2D eigenvalue weighted by atomic mass is 127. The van der Waals surface area contributed by atoms with E-state index in [2.05, 4.69) is 0 Å². The van der Waals surface area contributed by atoms with Crippen molar-refractivity contribution in [3.63, 3.8) is 0 Å². The van der Waals surface area contributed by atoms with E-state index in [1.165, 1.54) is 0 Å². The molecule has 1 fully saturated rings. The molecule has 0 aromatic heterocycles. The molecule has 11 heavy (non-hydrogen) atoms. The van der Waals surface area contributed by atoms with Crippen LogP contribution in [0.15, 0.2) is 0 Å². The maximum atomic E-state index is 5.46. The van der Waals surface area contributed by atoms with Gasteiger partial charge in [-0.2, -0.15) is 0 Å². The lowest BCUT2D eigenvalue weighted by molar-refractivity contribution is 0.00578. The Kier molecular flexibility index (Phi) is 2.54. The lowest BCUT2D eigenvalue weighted by Gasteiger charge is -2.31. The first-order chi connectivity index (χ1) is 4.89. The summed E-state index contributed by atoms with van der Waals surface area (Å²) < 4.78 is 15.8. The molecule has 1 aliphatic rings. The van der Waals surface area contributed by atoms with Crippen LogP contribution in [-0.4, -0.2) is 18.5 Å². The maximum Gasteiger partial charge on any atom is 0.650 e. The van der Waals surface area contributed by atoms with E-state index in [1.807, 2.05) is 27.7 Å². The summed E-state index contributed by atoms with van der Waals surface area (Å²) in [5.41, 5.74) is -0.578. The molecule has 1 rings (SSSR count). The van der Waals surface area contributed by atoms with Gasteiger partial charge in [-0.1, -0.05) is 0 Å². The first-order valence-corrected chi connectivity index (χ1v) is 4.40. The van der Waals surface area contributed by atoms with Crippen LogP contribution in [0.2, 0.25) is 0 Å². The van der Waals surface area contributed by atoms with E-state index in [-0.39, 0.29) is 11.2 Å². The van der Waals surface area contributed by atoms with Gasteiger partial charge in [0.1, 0.15) is 0 Å². The molecule has 0 amide bonds. The third kappa shape index (κ3) is 1.71. The number of hydrogen-bond donors (Lipinski definition) is 0. The van der Waals surface area contributed by atoms with E-state index < -0.39 is 7.32 Å². The van der Waals surface area contributed by atoms with Crippen LogP contribution in [0.1, 0.15) is 27.7 Å². The average molecular weight is 270 g/mol. The van der Waals surface area contributed by atoms with Crippen LogP contribution >= 0.6 is 23.0 Å². The highest BCUT2D eigenvalue weighted by molar-refractivity contribution is 14.1. The van der Waals surface area contributed by atoms with Gasteiger partial charge in [0, 0.05) is 0 Å². The largest absolute Gasteiger partial charge is 0.650 e. The summed E-state index contributed by atoms with van der Waals surface area (Å²) in [5.74, 6) is 0. The van der Waals surface area contributed by atoms with Crippen LogP contribution < -0.4 is 0 Å². The minimum absolute atomic E-state index is 0.289. The Morgan fingerprint density at radius 1 is 1.09 bits per heavy atom. The van der Waals surface area contributed by atoms with Crippen LogP contribution in [-0.2, 0) is 12.3 Å². The molecule has 5 heteroatoms. The molecule has 0 spiro atoms. The zero-order valence-corrected chi connectivity index (χ0v) is 9.34. The summed E-state index contributed by atoms with van der Waals surface area (Å²) in [6.45, 7) is 7.96. The van der Waals surface area contributed by atoms with Gasteiger partial charge >= 0.3 is 7.32 Å². The molecule has 0 aliphatic carbocycles. The van der Waals surface area contributed by atoms with Gasteiger partial charge < -0.3 is 12.3 Å². The third-order valence-electron chi connectivity index (χ3n) is 2.30. The minimum Gasteiger partial charge on any atom is -0.377 e. The molecular formula is C6H12BIO3. The summed E-state index contributed by atoms with van der Waals surface area (Å²) in [4.78, 5) is 0. The molecule has 1 aliphatic heterocycles. The zero-order valence-electron chi connectivity index (χ0n) is 7.18. The Morgan fingerprint density at radius 3 is 1.64 bits per heavy atom. The molecule has 1 saturated heterocycles. The van der Waals surface area contributed by atoms with Gasteiger partial charge in [-0.3, -0.25) is 0 Å². The first kappa shape index (κ1) is 9.76. The zero-order chi connectivity index (χ0) is 8.70. The van der Waals surface area contributed by atoms with Crippen LogP contribution in [0.5, 0.6) is 0 Å². The molecule has 0 N–H and O–H groups in total. The first-order valence-electron chi connectivity index (χ1n) is 3.52. The summed E-state index contributed by atoms with van der Waals surface area (Å²) in [6, 6.07) is 0. The minimum atomic E-state index is -0.527. The quantitative estimate of drug-likeness (QED) is 0.538. The van der Waals surface area contributed by atoms with Crippen molar-refractivity contribution in [3.8, 4) is 0 Å². The fourth-order valence-electron chi connectivity index (χ4n) is 0.825. The van der Waals surface area contributed by atoms with Crippen molar-refractivity contribution in [1.29, 1.82) is 0 Å². The Balaban J connectivity index is 2.72. The number of rotatable bonds is 1. The van der Waals surface area contributed by atoms with Crippen molar-refractivity contribution in [3.05, 3.63) is 0 Å². The van der Waals surface area contributed by atoms with E-state index in [0.717, 1.165) is 0 Å². The highest BCUT2D eigenvalue weighted by Crippen LogP contribution is 2.37. The molecule has 0 radical (unpaired) electrons. The Bertz CT molecular complexity index is 144. The maximum absolute atomic E-state index is 5.46. The normalized spacial score (nSPS) is 27.5. The topological polar surface area (TPSA) is 27.7 Å². The molecule has 64 valence electrons. The van der Waals surface area contributed by atoms with Crippen molar-refractivity contribution >= 4 is 30.3 Å². The van der Waals surface area contributed by atoms with E-state index in [9.17, 15) is 0 Å². The molecule has 0 bridgehead atoms. The lowest BCUT2D eigenvalue weighted by atomic mass is 9.90. The van der Waals surface area contributed by atoms with Crippen molar-refractivity contribution < 1.29 is 12.3 Å². The van der Waals surface area contributed by atoms with Gasteiger partial charge in [-0.25, -0.2) is 0 Å². The average Bonchev–Trinajstić information content (AvgIpc) is 2.03. The second kappa shape index (κ2) is 2.87. The monoisotopic (exact) mass is 270 g/mol. The van der Waals surface area contributed by atoms with E-state index in [0.29, 0.717) is 0 Å². The van der Waals surface area contributed by atoms with Crippen LogP contribution in [0.25, 0.3) is 0 Å². The molecule has 0 aromatic rings. The van der Waals surface area contributed by atoms with Crippen LogP contribution in [0, 0.1) is 0 Å². The van der Waals surface area contributed by atoms with Gasteiger partial charge in [0.25, 0.3) is 0 Å². The Morgan fingerprint density at radius 2 is 1.45 bits per heavy atom. The third-order valence-corrected chi connectivity index (χ3v) is 2.72. The summed E-state index contributed by atoms with van der Waals surface area (Å²) in [6.07, 6.45) is 0. The predicted molar refractivity (Wildman–Crippen MR) is 51.2 cm³/mol. The van der Waals surface area contributed by atoms with Gasteiger partial charge in [-0.15, -0.1) is 0 Å². The standard InChI is InChI=1S/C6H12BIO3/c1-5(2)6(3,4)10-7(9-5)11-8/h1-4H3. The smallest absolute Gasteiger partial charge is 0.377 e. The second-order valence-corrected chi connectivity index (χ2v) is 4.14. The van der Waals surface area contributed by atoms with E-state index >= 15 is 0 Å². The molecule has 3 nitrogen and oxygen atoms in total. The van der Waals surface area contributed by atoms with Crippen LogP contribution in [0.3, 0.4) is 0 Å². The fraction of sp³-hybridized carbons (Fsp3) is 1.00. The predicted octanol–water partition coefficient (Wildman–Crippen LogP) is 1.94. The summed E-state index contributed by atoms with van der Waals surface area (Å²) >= 11 is 1.77. The summed E-state index contributed by atoms with van der Waals surface area (Å²) in [7, 11) is -0.527. The van der Waals surface area contributed by atoms with Crippen molar-refractivity contribution in [2.45, 2.75) is 38.9 Å².